The SMILES string of the molecule is CC(c1ccccc1)N(C)C(=O)CSc1nnc(N2CCCC2)n1-c1ccccc1Cl. The van der Waals surface area contributed by atoms with Gasteiger partial charge in [0.25, 0.3) is 0 Å². The van der Waals surface area contributed by atoms with Crippen LogP contribution in [-0.2, 0) is 4.79 Å². The van der Waals surface area contributed by atoms with Crippen LogP contribution in [0.15, 0.2) is 59.8 Å². The first kappa shape index (κ1) is 21.7. The Morgan fingerprint density at radius 3 is 2.48 bits per heavy atom. The number of halogens is 1. The van der Waals surface area contributed by atoms with Crippen LogP contribution in [0.1, 0.15) is 31.4 Å². The molecule has 1 unspecified atom stereocenters. The van der Waals surface area contributed by atoms with Crippen LogP contribution in [0.5, 0.6) is 0 Å². The molecular weight excluding hydrogens is 430 g/mol. The minimum Gasteiger partial charge on any atom is -0.341 e. The molecule has 1 aliphatic heterocycles. The van der Waals surface area contributed by atoms with E-state index < -0.39 is 0 Å². The van der Waals surface area contributed by atoms with Crippen LogP contribution in [0.2, 0.25) is 5.02 Å². The minimum absolute atomic E-state index is 0.00380. The highest BCUT2D eigenvalue weighted by atomic mass is 35.5. The summed E-state index contributed by atoms with van der Waals surface area (Å²) in [6.45, 7) is 3.93. The predicted molar refractivity (Wildman–Crippen MR) is 126 cm³/mol. The Morgan fingerprint density at radius 2 is 1.77 bits per heavy atom. The second-order valence-corrected chi connectivity index (χ2v) is 8.99. The number of nitrogens with zero attached hydrogens (tertiary/aromatic N) is 5. The van der Waals surface area contributed by atoms with Crippen LogP contribution in [0.25, 0.3) is 5.69 Å². The third kappa shape index (κ3) is 4.72. The zero-order valence-corrected chi connectivity index (χ0v) is 19.3. The maximum atomic E-state index is 12.9. The highest BCUT2D eigenvalue weighted by Crippen LogP contribution is 2.32. The molecule has 0 saturated carbocycles. The largest absolute Gasteiger partial charge is 0.341 e. The maximum Gasteiger partial charge on any atom is 0.233 e. The minimum atomic E-state index is -0.00380. The molecule has 4 rings (SSSR count). The van der Waals surface area contributed by atoms with Gasteiger partial charge >= 0.3 is 0 Å². The smallest absolute Gasteiger partial charge is 0.233 e. The molecule has 0 bridgehead atoms. The van der Waals surface area contributed by atoms with Gasteiger partial charge in [-0.25, -0.2) is 0 Å². The highest BCUT2D eigenvalue weighted by molar-refractivity contribution is 7.99. The lowest BCUT2D eigenvalue weighted by Crippen LogP contribution is -2.31. The average molecular weight is 456 g/mol. The monoisotopic (exact) mass is 455 g/mol. The molecule has 1 saturated heterocycles. The Bertz CT molecular complexity index is 1040. The van der Waals surface area contributed by atoms with Crippen molar-refractivity contribution in [3.63, 3.8) is 0 Å². The van der Waals surface area contributed by atoms with Gasteiger partial charge in [-0.1, -0.05) is 65.8 Å². The normalized spacial score (nSPS) is 14.6. The van der Waals surface area contributed by atoms with Gasteiger partial charge < -0.3 is 9.80 Å². The van der Waals surface area contributed by atoms with Crippen LogP contribution >= 0.6 is 23.4 Å². The highest BCUT2D eigenvalue weighted by Gasteiger charge is 2.25. The number of thioether (sulfide) groups is 1. The molecule has 0 spiro atoms. The van der Waals surface area contributed by atoms with Crippen molar-refractivity contribution >= 4 is 35.2 Å². The molecule has 0 aliphatic carbocycles. The summed E-state index contributed by atoms with van der Waals surface area (Å²) >= 11 is 7.90. The molecule has 1 amide bonds. The number of carbonyl (C=O) groups excluding carboxylic acids is 1. The van der Waals surface area contributed by atoms with Crippen molar-refractivity contribution in [2.45, 2.75) is 31.0 Å². The van der Waals surface area contributed by atoms with E-state index >= 15 is 0 Å². The van der Waals surface area contributed by atoms with E-state index in [4.69, 9.17) is 11.6 Å². The summed E-state index contributed by atoms with van der Waals surface area (Å²) in [5, 5.41) is 10.2. The molecule has 1 aromatic heterocycles. The Hall–Kier alpha value is -2.51. The number of rotatable bonds is 7. The van der Waals surface area contributed by atoms with Gasteiger partial charge in [0.1, 0.15) is 0 Å². The van der Waals surface area contributed by atoms with Crippen LogP contribution in [-0.4, -0.2) is 51.5 Å². The third-order valence-electron chi connectivity index (χ3n) is 5.68. The van der Waals surface area contributed by atoms with Crippen LogP contribution in [0.3, 0.4) is 0 Å². The van der Waals surface area contributed by atoms with E-state index in [9.17, 15) is 4.79 Å². The number of carbonyl (C=O) groups is 1. The maximum absolute atomic E-state index is 12.9. The number of anilines is 1. The summed E-state index contributed by atoms with van der Waals surface area (Å²) in [6.07, 6.45) is 2.27. The molecule has 2 aromatic carbocycles. The van der Waals surface area contributed by atoms with Gasteiger partial charge in [-0.2, -0.15) is 0 Å². The lowest BCUT2D eigenvalue weighted by Gasteiger charge is -2.25. The van der Waals surface area contributed by atoms with Crippen LogP contribution in [0.4, 0.5) is 5.95 Å². The standard InChI is InChI=1S/C23H26ClN5OS/c1-17(18-10-4-3-5-11-18)27(2)21(30)16-31-23-26-25-22(28-14-8-9-15-28)29(23)20-13-7-6-12-19(20)24/h3-7,10-13,17H,8-9,14-16H2,1-2H3. The Morgan fingerprint density at radius 1 is 1.10 bits per heavy atom. The number of amides is 1. The molecule has 0 radical (unpaired) electrons. The van der Waals surface area contributed by atoms with Gasteiger partial charge in [0, 0.05) is 20.1 Å². The molecule has 1 aliphatic rings. The fraction of sp³-hybridized carbons (Fsp3) is 0.348. The summed E-state index contributed by atoms with van der Waals surface area (Å²) < 4.78 is 1.98. The van der Waals surface area contributed by atoms with Crippen molar-refractivity contribution < 1.29 is 4.79 Å². The van der Waals surface area contributed by atoms with Crippen molar-refractivity contribution in [3.05, 3.63) is 65.2 Å². The Labute approximate surface area is 192 Å². The number of hydrogen-bond donors (Lipinski definition) is 0. The molecule has 8 heteroatoms. The molecule has 2 heterocycles. The molecule has 31 heavy (non-hydrogen) atoms. The van der Waals surface area contributed by atoms with Crippen LogP contribution in [0, 0.1) is 0 Å². The number of aromatic nitrogens is 3. The van der Waals surface area contributed by atoms with E-state index in [1.165, 1.54) is 11.8 Å². The van der Waals surface area contributed by atoms with E-state index in [1.807, 2.05) is 73.1 Å². The zero-order valence-electron chi connectivity index (χ0n) is 17.7. The second-order valence-electron chi connectivity index (χ2n) is 7.64. The molecule has 0 N–H and O–H groups in total. The van der Waals surface area contributed by atoms with Gasteiger partial charge in [0.2, 0.25) is 11.9 Å². The van der Waals surface area contributed by atoms with Crippen molar-refractivity contribution in [2.75, 3.05) is 30.8 Å². The Balaban J connectivity index is 1.54. The summed E-state index contributed by atoms with van der Waals surface area (Å²) in [6, 6.07) is 17.7. The lowest BCUT2D eigenvalue weighted by molar-refractivity contribution is -0.128. The van der Waals surface area contributed by atoms with Crippen molar-refractivity contribution in [3.8, 4) is 5.69 Å². The summed E-state index contributed by atoms with van der Waals surface area (Å²) in [4.78, 5) is 16.9. The second kappa shape index (κ2) is 9.75. The fourth-order valence-corrected chi connectivity index (χ4v) is 4.80. The molecule has 6 nitrogen and oxygen atoms in total. The van der Waals surface area contributed by atoms with Gasteiger partial charge in [-0.05, 0) is 37.5 Å². The number of benzene rings is 2. The summed E-state index contributed by atoms with van der Waals surface area (Å²) in [7, 11) is 1.84. The van der Waals surface area contributed by atoms with Gasteiger partial charge in [-0.3, -0.25) is 9.36 Å². The van der Waals surface area contributed by atoms with Crippen molar-refractivity contribution in [1.82, 2.24) is 19.7 Å². The molecule has 1 fully saturated rings. The van der Waals surface area contributed by atoms with Crippen LogP contribution < -0.4 is 4.90 Å². The van der Waals surface area contributed by atoms with Crippen molar-refractivity contribution in [2.24, 2.45) is 0 Å². The Kier molecular flexibility index (Phi) is 6.83. The molecule has 162 valence electrons. The van der Waals surface area contributed by atoms with E-state index in [2.05, 4.69) is 15.1 Å². The topological polar surface area (TPSA) is 54.3 Å². The molecule has 3 aromatic rings. The first-order chi connectivity index (χ1) is 15.1. The first-order valence-corrected chi connectivity index (χ1v) is 11.8. The third-order valence-corrected chi connectivity index (χ3v) is 6.91. The number of hydrogen-bond acceptors (Lipinski definition) is 5. The number of para-hydroxylation sites is 1. The average Bonchev–Trinajstić information content (AvgIpc) is 3.47. The lowest BCUT2D eigenvalue weighted by atomic mass is 10.1. The first-order valence-electron chi connectivity index (χ1n) is 10.4. The van der Waals surface area contributed by atoms with Gasteiger partial charge in [-0.15, -0.1) is 10.2 Å². The van der Waals surface area contributed by atoms with Gasteiger partial charge in [0.05, 0.1) is 22.5 Å². The fourth-order valence-electron chi connectivity index (χ4n) is 3.72. The zero-order chi connectivity index (χ0) is 21.8. The summed E-state index contributed by atoms with van der Waals surface area (Å²) in [5.74, 6) is 1.10. The molecular formula is C23H26ClN5OS. The predicted octanol–water partition coefficient (Wildman–Crippen LogP) is 4.83. The van der Waals surface area contributed by atoms with E-state index in [1.54, 1.807) is 4.90 Å². The van der Waals surface area contributed by atoms with E-state index in [0.29, 0.717) is 10.2 Å². The molecule has 1 atom stereocenters. The van der Waals surface area contributed by atoms with E-state index in [-0.39, 0.29) is 17.7 Å². The quantitative estimate of drug-likeness (QED) is 0.477. The van der Waals surface area contributed by atoms with Gasteiger partial charge in [0.15, 0.2) is 5.16 Å². The summed E-state index contributed by atoms with van der Waals surface area (Å²) in [5.41, 5.74) is 1.94. The van der Waals surface area contributed by atoms with Crippen molar-refractivity contribution in [1.29, 1.82) is 0 Å². The van der Waals surface area contributed by atoms with E-state index in [0.717, 1.165) is 43.1 Å².